The van der Waals surface area contributed by atoms with Crippen molar-refractivity contribution < 1.29 is 11.6 Å². The third-order valence-corrected chi connectivity index (χ3v) is 4.02. The number of H-pyrrole nitrogens is 2. The Hall–Kier alpha value is -3.42. The molecule has 0 amide bonds. The van der Waals surface area contributed by atoms with Crippen molar-refractivity contribution in [2.24, 2.45) is 0 Å². The molecule has 0 aliphatic carbocycles. The van der Waals surface area contributed by atoms with Gasteiger partial charge >= 0.3 is 5.69 Å². The van der Waals surface area contributed by atoms with Crippen LogP contribution in [0.1, 0.15) is 37.8 Å². The van der Waals surface area contributed by atoms with Crippen molar-refractivity contribution in [2.45, 2.75) is 19.7 Å². The van der Waals surface area contributed by atoms with Crippen LogP contribution in [0.2, 0.25) is 10.0 Å². The number of ether oxygens (including phenoxy) is 1. The van der Waals surface area contributed by atoms with E-state index in [0.717, 1.165) is 19.1 Å². The summed E-state index contributed by atoms with van der Waals surface area (Å²) in [5, 5.41) is 17.5. The standard InChI is InChI=1S/C17H12Cl2N6O4/c1-7(2)9-5-13(22-23-15(9)26)29-14-10(18)3-8(4-11(14)19)25-17(28)21-16(27)12(6-20)24-25/h3-5,7H,1-2H3,(H,23,26)(H,21,27,28)/i1D3,3D,7D. The fourth-order valence-electron chi connectivity index (χ4n) is 2.16. The Morgan fingerprint density at radius 1 is 1.34 bits per heavy atom. The van der Waals surface area contributed by atoms with Gasteiger partial charge < -0.3 is 4.74 Å². The molecule has 12 heteroatoms. The molecule has 1 aromatic carbocycles. The molecule has 29 heavy (non-hydrogen) atoms. The highest BCUT2D eigenvalue weighted by Crippen LogP contribution is 2.37. The van der Waals surface area contributed by atoms with E-state index in [0.29, 0.717) is 4.68 Å². The average molecular weight is 440 g/mol. The molecular weight excluding hydrogens is 423 g/mol. The third kappa shape index (κ3) is 4.06. The van der Waals surface area contributed by atoms with Crippen LogP contribution in [0.5, 0.6) is 11.6 Å². The Labute approximate surface area is 179 Å². The number of aromatic nitrogens is 5. The number of halogens is 2. The van der Waals surface area contributed by atoms with Gasteiger partial charge in [0.1, 0.15) is 6.07 Å². The number of nitriles is 1. The molecule has 0 aliphatic rings. The van der Waals surface area contributed by atoms with Crippen molar-refractivity contribution in [3.8, 4) is 23.4 Å². The van der Waals surface area contributed by atoms with E-state index in [4.69, 9.17) is 40.1 Å². The summed E-state index contributed by atoms with van der Waals surface area (Å²) >= 11 is 12.4. The van der Waals surface area contributed by atoms with Gasteiger partial charge in [-0.25, -0.2) is 9.89 Å². The average Bonchev–Trinajstić information content (AvgIpc) is 2.74. The molecule has 1 unspecified atom stereocenters. The second-order valence-electron chi connectivity index (χ2n) is 5.45. The first-order chi connectivity index (χ1) is 15.7. The minimum Gasteiger partial charge on any atom is -0.434 e. The Morgan fingerprint density at radius 3 is 2.79 bits per heavy atom. The van der Waals surface area contributed by atoms with Gasteiger partial charge in [0.05, 0.1) is 17.1 Å². The molecule has 2 aromatic heterocycles. The lowest BCUT2D eigenvalue weighted by atomic mass is 10.1. The van der Waals surface area contributed by atoms with Gasteiger partial charge in [0.25, 0.3) is 11.1 Å². The molecular formula is C17H12Cl2N6O4. The maximum absolute atomic E-state index is 12.1. The van der Waals surface area contributed by atoms with Crippen molar-refractivity contribution in [3.05, 3.63) is 70.7 Å². The second kappa shape index (κ2) is 7.90. The molecule has 0 saturated heterocycles. The zero-order chi connectivity index (χ0) is 25.6. The lowest BCUT2D eigenvalue weighted by Gasteiger charge is -2.12. The lowest BCUT2D eigenvalue weighted by molar-refractivity contribution is 0.452. The van der Waals surface area contributed by atoms with Gasteiger partial charge in [-0.2, -0.15) is 9.94 Å². The Balaban J connectivity index is 2.12. The predicted molar refractivity (Wildman–Crippen MR) is 104 cm³/mol. The molecule has 10 nitrogen and oxygen atoms in total. The molecule has 1 atom stereocenters. The minimum atomic E-state index is -2.86. The summed E-state index contributed by atoms with van der Waals surface area (Å²) in [6, 6.07) is 2.93. The number of aromatic amines is 2. The summed E-state index contributed by atoms with van der Waals surface area (Å²) in [7, 11) is 0. The maximum Gasteiger partial charge on any atom is 0.349 e. The van der Waals surface area contributed by atoms with Crippen molar-refractivity contribution >= 4 is 23.2 Å². The maximum atomic E-state index is 12.1. The number of rotatable bonds is 4. The normalized spacial score (nSPS) is 15.7. The van der Waals surface area contributed by atoms with E-state index in [1.54, 1.807) is 0 Å². The van der Waals surface area contributed by atoms with Crippen LogP contribution in [-0.4, -0.2) is 25.0 Å². The van der Waals surface area contributed by atoms with Gasteiger partial charge in [-0.1, -0.05) is 37.0 Å². The van der Waals surface area contributed by atoms with Crippen molar-refractivity contribution in [1.29, 1.82) is 5.26 Å². The summed E-state index contributed by atoms with van der Waals surface area (Å²) in [6.07, 6.45) is 0. The Bertz CT molecular complexity index is 1520. The first-order valence-corrected chi connectivity index (χ1v) is 8.35. The van der Waals surface area contributed by atoms with E-state index in [1.807, 2.05) is 10.1 Å². The molecule has 0 bridgehead atoms. The summed E-state index contributed by atoms with van der Waals surface area (Å²) in [5.74, 6) is -3.05. The van der Waals surface area contributed by atoms with E-state index in [2.05, 4.69) is 10.2 Å². The SMILES string of the molecule is [2H]c1c(-n2nc(C#N)c(=O)[nH]c2=O)cc(Cl)c(Oc2cc(C([2H])(C)C([2H])([2H])[2H])c(=O)[nH]n2)c1Cl. The lowest BCUT2D eigenvalue weighted by Crippen LogP contribution is -2.33. The van der Waals surface area contributed by atoms with Crippen LogP contribution in [0, 0.1) is 11.3 Å². The van der Waals surface area contributed by atoms with Crippen LogP contribution in [0.25, 0.3) is 5.69 Å². The van der Waals surface area contributed by atoms with E-state index in [9.17, 15) is 14.4 Å². The Morgan fingerprint density at radius 2 is 2.10 bits per heavy atom. The van der Waals surface area contributed by atoms with Gasteiger partial charge in [0.15, 0.2) is 5.75 Å². The van der Waals surface area contributed by atoms with Gasteiger partial charge in [0, 0.05) is 17.1 Å². The minimum absolute atomic E-state index is 0.270. The third-order valence-electron chi connectivity index (χ3n) is 3.47. The van der Waals surface area contributed by atoms with Crippen LogP contribution in [0.15, 0.2) is 32.6 Å². The summed E-state index contributed by atoms with van der Waals surface area (Å²) in [5.41, 5.74) is -4.43. The smallest absolute Gasteiger partial charge is 0.349 e. The van der Waals surface area contributed by atoms with Gasteiger partial charge in [-0.15, -0.1) is 10.2 Å². The number of nitrogens with zero attached hydrogens (tertiary/aromatic N) is 4. The molecule has 0 saturated carbocycles. The number of hydrogen-bond acceptors (Lipinski definition) is 7. The molecule has 148 valence electrons. The first-order valence-electron chi connectivity index (χ1n) is 10.1. The fraction of sp³-hybridized carbons (Fsp3) is 0.176. The first kappa shape index (κ1) is 14.6. The van der Waals surface area contributed by atoms with Crippen molar-refractivity contribution in [3.63, 3.8) is 0 Å². The van der Waals surface area contributed by atoms with Gasteiger partial charge in [-0.3, -0.25) is 14.6 Å². The summed E-state index contributed by atoms with van der Waals surface area (Å²) < 4.78 is 44.9. The molecule has 0 radical (unpaired) electrons. The zero-order valence-electron chi connectivity index (χ0n) is 19.3. The summed E-state index contributed by atoms with van der Waals surface area (Å²) in [4.78, 5) is 37.7. The van der Waals surface area contributed by atoms with Crippen LogP contribution >= 0.6 is 23.2 Å². The van der Waals surface area contributed by atoms with E-state index < -0.39 is 51.9 Å². The number of hydrogen-bond donors (Lipinski definition) is 2. The van der Waals surface area contributed by atoms with Gasteiger partial charge in [0.2, 0.25) is 11.6 Å². The van der Waals surface area contributed by atoms with Gasteiger partial charge in [-0.05, 0) is 18.0 Å². The molecule has 3 rings (SSSR count). The highest BCUT2D eigenvalue weighted by Gasteiger charge is 2.16. The monoisotopic (exact) mass is 439 g/mol. The highest BCUT2D eigenvalue weighted by molar-refractivity contribution is 6.37. The Kier molecular flexibility index (Phi) is 3.97. The predicted octanol–water partition coefficient (Wildman–Crippen LogP) is 2.10. The topological polar surface area (TPSA) is 147 Å². The van der Waals surface area contributed by atoms with Crippen LogP contribution in [0.4, 0.5) is 0 Å². The summed E-state index contributed by atoms with van der Waals surface area (Å²) in [6.45, 7) is -1.83. The van der Waals surface area contributed by atoms with E-state index >= 15 is 0 Å². The van der Waals surface area contributed by atoms with Crippen LogP contribution < -0.4 is 21.5 Å². The van der Waals surface area contributed by atoms with Crippen LogP contribution in [-0.2, 0) is 0 Å². The quantitative estimate of drug-likeness (QED) is 0.632. The second-order valence-corrected chi connectivity index (χ2v) is 6.24. The fourth-order valence-corrected chi connectivity index (χ4v) is 2.68. The zero-order valence-corrected chi connectivity index (χ0v) is 15.8. The molecule has 2 N–H and O–H groups in total. The van der Waals surface area contributed by atoms with Crippen molar-refractivity contribution in [1.82, 2.24) is 25.0 Å². The number of nitrogens with one attached hydrogen (secondary N) is 2. The molecule has 3 aromatic rings. The molecule has 0 fully saturated rings. The van der Waals surface area contributed by atoms with E-state index in [1.165, 1.54) is 6.07 Å². The molecule has 2 heterocycles. The number of benzene rings is 1. The van der Waals surface area contributed by atoms with Crippen molar-refractivity contribution in [2.75, 3.05) is 0 Å². The highest BCUT2D eigenvalue weighted by atomic mass is 35.5. The molecule has 0 spiro atoms. The largest absolute Gasteiger partial charge is 0.434 e. The molecule has 0 aliphatic heterocycles. The van der Waals surface area contributed by atoms with E-state index in [-0.39, 0.29) is 22.3 Å². The van der Waals surface area contributed by atoms with Crippen LogP contribution in [0.3, 0.4) is 0 Å².